The molecule has 0 aromatic carbocycles. The van der Waals surface area contributed by atoms with Crippen LogP contribution in [-0.2, 0) is 15.8 Å². The molecule has 1 atom stereocenters. The molecule has 0 amide bonds. The first-order valence-electron chi connectivity index (χ1n) is 7.23. The maximum atomic E-state index is 10.9. The zero-order chi connectivity index (χ0) is 16.6. The second-order valence-electron chi connectivity index (χ2n) is 5.69. The minimum Gasteiger partial charge on any atom is -0.368 e. The Morgan fingerprint density at radius 1 is 1.52 bits per heavy atom. The van der Waals surface area contributed by atoms with Crippen LogP contribution in [0.1, 0.15) is 19.8 Å². The summed E-state index contributed by atoms with van der Waals surface area (Å²) in [6.45, 7) is 2.06. The van der Waals surface area contributed by atoms with Gasteiger partial charge in [-0.1, -0.05) is 0 Å². The van der Waals surface area contributed by atoms with Crippen LogP contribution in [0.3, 0.4) is 0 Å². The highest BCUT2D eigenvalue weighted by Crippen LogP contribution is 2.34. The SMILES string of the molecule is C[C@@H](Cn1cnc2c(NC3CC3)nc(N)nc21)OCP(=O)(O)O. The Morgan fingerprint density at radius 3 is 2.91 bits per heavy atom. The van der Waals surface area contributed by atoms with Gasteiger partial charge in [0.2, 0.25) is 5.95 Å². The molecule has 1 saturated carbocycles. The predicted molar refractivity (Wildman–Crippen MR) is 83.8 cm³/mol. The summed E-state index contributed by atoms with van der Waals surface area (Å²) >= 11 is 0. The molecule has 0 radical (unpaired) electrons. The van der Waals surface area contributed by atoms with Crippen LogP contribution in [-0.4, -0.2) is 47.8 Å². The summed E-state index contributed by atoms with van der Waals surface area (Å²) < 4.78 is 17.7. The van der Waals surface area contributed by atoms with Gasteiger partial charge < -0.3 is 30.1 Å². The van der Waals surface area contributed by atoms with Crippen molar-refractivity contribution in [1.82, 2.24) is 19.5 Å². The van der Waals surface area contributed by atoms with Crippen molar-refractivity contribution < 1.29 is 19.1 Å². The van der Waals surface area contributed by atoms with Gasteiger partial charge in [0.1, 0.15) is 6.35 Å². The van der Waals surface area contributed by atoms with Crippen molar-refractivity contribution in [2.45, 2.75) is 38.5 Å². The fraction of sp³-hybridized carbons (Fsp3) is 0.583. The van der Waals surface area contributed by atoms with Crippen molar-refractivity contribution in [2.24, 2.45) is 0 Å². The van der Waals surface area contributed by atoms with Crippen molar-refractivity contribution in [3.63, 3.8) is 0 Å². The van der Waals surface area contributed by atoms with E-state index in [4.69, 9.17) is 20.3 Å². The maximum Gasteiger partial charge on any atom is 0.350 e. The number of fused-ring (bicyclic) bond motifs is 1. The second-order valence-corrected chi connectivity index (χ2v) is 7.28. The number of hydrogen-bond donors (Lipinski definition) is 4. The molecule has 2 aromatic rings. The molecule has 10 nitrogen and oxygen atoms in total. The zero-order valence-electron chi connectivity index (χ0n) is 12.6. The second kappa shape index (κ2) is 6.04. The van der Waals surface area contributed by atoms with Gasteiger partial charge in [0.25, 0.3) is 0 Å². The Bertz CT molecular complexity index is 755. The molecule has 126 valence electrons. The number of anilines is 2. The van der Waals surface area contributed by atoms with Gasteiger partial charge in [0.15, 0.2) is 17.0 Å². The molecule has 0 unspecified atom stereocenters. The van der Waals surface area contributed by atoms with E-state index in [9.17, 15) is 4.57 Å². The fourth-order valence-electron chi connectivity index (χ4n) is 2.17. The molecule has 0 saturated heterocycles. The van der Waals surface area contributed by atoms with Gasteiger partial charge in [0, 0.05) is 6.04 Å². The third-order valence-corrected chi connectivity index (χ3v) is 3.87. The van der Waals surface area contributed by atoms with Crippen molar-refractivity contribution >= 4 is 30.5 Å². The normalized spacial score (nSPS) is 16.7. The van der Waals surface area contributed by atoms with Crippen molar-refractivity contribution in [1.29, 1.82) is 0 Å². The number of ether oxygens (including phenoxy) is 1. The van der Waals surface area contributed by atoms with E-state index >= 15 is 0 Å². The van der Waals surface area contributed by atoms with Crippen LogP contribution in [0.4, 0.5) is 11.8 Å². The minimum atomic E-state index is -4.19. The van der Waals surface area contributed by atoms with Crippen LogP contribution in [0.5, 0.6) is 0 Å². The van der Waals surface area contributed by atoms with Gasteiger partial charge in [-0.25, -0.2) is 4.98 Å². The van der Waals surface area contributed by atoms with E-state index in [1.807, 2.05) is 0 Å². The number of aromatic nitrogens is 4. The van der Waals surface area contributed by atoms with Crippen LogP contribution >= 0.6 is 7.60 Å². The highest BCUT2D eigenvalue weighted by Gasteiger charge is 2.24. The summed E-state index contributed by atoms with van der Waals surface area (Å²) in [5, 5.41) is 3.27. The molecule has 1 aliphatic rings. The van der Waals surface area contributed by atoms with Crippen LogP contribution in [0.25, 0.3) is 11.2 Å². The van der Waals surface area contributed by atoms with E-state index in [1.54, 1.807) is 17.8 Å². The summed E-state index contributed by atoms with van der Waals surface area (Å²) in [4.78, 5) is 30.4. The van der Waals surface area contributed by atoms with Gasteiger partial charge in [0.05, 0.1) is 19.0 Å². The molecule has 0 bridgehead atoms. The Labute approximate surface area is 132 Å². The summed E-state index contributed by atoms with van der Waals surface area (Å²) in [7, 11) is -4.19. The molecular weight excluding hydrogens is 323 g/mol. The van der Waals surface area contributed by atoms with Crippen LogP contribution in [0.2, 0.25) is 0 Å². The van der Waals surface area contributed by atoms with E-state index in [-0.39, 0.29) is 5.95 Å². The van der Waals surface area contributed by atoms with Crippen molar-refractivity contribution in [3.8, 4) is 0 Å². The number of nitrogens with two attached hydrogens (primary N) is 1. The van der Waals surface area contributed by atoms with Crippen LogP contribution in [0.15, 0.2) is 6.33 Å². The first kappa shape index (κ1) is 16.1. The predicted octanol–water partition coefficient (Wildman–Crippen LogP) is 0.523. The lowest BCUT2D eigenvalue weighted by molar-refractivity contribution is 0.0764. The fourth-order valence-corrected chi connectivity index (χ4v) is 2.62. The van der Waals surface area contributed by atoms with E-state index in [0.717, 1.165) is 12.8 Å². The Kier molecular flexibility index (Phi) is 4.24. The molecule has 23 heavy (non-hydrogen) atoms. The summed E-state index contributed by atoms with van der Waals surface area (Å²) in [5.74, 6) is 0.753. The van der Waals surface area contributed by atoms with Crippen molar-refractivity contribution in [2.75, 3.05) is 17.4 Å². The first-order chi connectivity index (χ1) is 10.8. The lowest BCUT2D eigenvalue weighted by Gasteiger charge is -2.14. The topological polar surface area (TPSA) is 148 Å². The van der Waals surface area contributed by atoms with Crippen molar-refractivity contribution in [3.05, 3.63) is 6.33 Å². The quantitative estimate of drug-likeness (QED) is 0.528. The number of imidazole rings is 1. The van der Waals surface area contributed by atoms with Crippen LogP contribution < -0.4 is 11.1 Å². The number of nitrogens with one attached hydrogen (secondary N) is 1. The third-order valence-electron chi connectivity index (χ3n) is 3.38. The molecule has 5 N–H and O–H groups in total. The summed E-state index contributed by atoms with van der Waals surface area (Å²) in [6, 6.07) is 0.406. The summed E-state index contributed by atoms with van der Waals surface area (Å²) in [6.07, 6.45) is 2.75. The van der Waals surface area contributed by atoms with Gasteiger partial charge in [-0.3, -0.25) is 4.57 Å². The Hall–Kier alpha value is -1.74. The van der Waals surface area contributed by atoms with Gasteiger partial charge in [-0.05, 0) is 19.8 Å². The van der Waals surface area contributed by atoms with Crippen LogP contribution in [0, 0.1) is 0 Å². The molecule has 2 aromatic heterocycles. The standard InChI is InChI=1S/C12H19N6O4P/c1-7(22-6-23(19,20)21)4-18-5-14-9-10(15-8-2-3-8)16-12(13)17-11(9)18/h5,7-8H,2-4,6H2,1H3,(H2,19,20,21)(H3,13,15,16,17)/t7-/m0/s1. The summed E-state index contributed by atoms with van der Waals surface area (Å²) in [5.41, 5.74) is 6.94. The highest BCUT2D eigenvalue weighted by molar-refractivity contribution is 7.51. The molecule has 2 heterocycles. The number of nitrogen functional groups attached to an aromatic ring is 1. The Morgan fingerprint density at radius 2 is 2.26 bits per heavy atom. The number of hydrogen-bond acceptors (Lipinski definition) is 7. The molecule has 3 rings (SSSR count). The molecule has 0 spiro atoms. The first-order valence-corrected chi connectivity index (χ1v) is 9.02. The molecule has 0 aliphatic heterocycles. The molecule has 1 aliphatic carbocycles. The monoisotopic (exact) mass is 342 g/mol. The highest BCUT2D eigenvalue weighted by atomic mass is 31.2. The minimum absolute atomic E-state index is 0.145. The Balaban J connectivity index is 1.78. The van der Waals surface area contributed by atoms with E-state index in [1.165, 1.54) is 0 Å². The number of nitrogens with zero attached hydrogens (tertiary/aromatic N) is 4. The van der Waals surface area contributed by atoms with Gasteiger partial charge >= 0.3 is 7.60 Å². The smallest absolute Gasteiger partial charge is 0.350 e. The van der Waals surface area contributed by atoms with E-state index < -0.39 is 20.0 Å². The molecule has 1 fully saturated rings. The maximum absolute atomic E-state index is 10.9. The largest absolute Gasteiger partial charge is 0.368 e. The van der Waals surface area contributed by atoms with E-state index in [2.05, 4.69) is 20.3 Å². The van der Waals surface area contributed by atoms with E-state index in [0.29, 0.717) is 29.6 Å². The number of rotatable bonds is 7. The third kappa shape index (κ3) is 4.17. The lowest BCUT2D eigenvalue weighted by atomic mass is 10.4. The molecular formula is C12H19N6O4P. The van der Waals surface area contributed by atoms with Gasteiger partial charge in [-0.2, -0.15) is 9.97 Å². The lowest BCUT2D eigenvalue weighted by Crippen LogP contribution is -2.17. The molecule has 11 heteroatoms. The average Bonchev–Trinajstić information content (AvgIpc) is 3.17. The van der Waals surface area contributed by atoms with Gasteiger partial charge in [-0.15, -0.1) is 0 Å². The average molecular weight is 342 g/mol. The zero-order valence-corrected chi connectivity index (χ0v) is 13.5.